The van der Waals surface area contributed by atoms with E-state index in [-0.39, 0.29) is 0 Å². The van der Waals surface area contributed by atoms with Crippen LogP contribution in [0, 0.1) is 6.92 Å². The zero-order chi connectivity index (χ0) is 9.90. The van der Waals surface area contributed by atoms with Gasteiger partial charge in [-0.2, -0.15) is 0 Å². The number of aliphatic hydroxyl groups is 1. The fraction of sp³-hybridized carbons (Fsp3) is 0.500. The van der Waals surface area contributed by atoms with E-state index in [1.165, 1.54) is 0 Å². The van der Waals surface area contributed by atoms with Crippen LogP contribution < -0.4 is 0 Å². The molecule has 0 aliphatic rings. The number of aryl methyl sites for hydroxylation is 1. The Morgan fingerprint density at radius 2 is 2.31 bits per heavy atom. The summed E-state index contributed by atoms with van der Waals surface area (Å²) in [6.45, 7) is 2.82. The van der Waals surface area contributed by atoms with Gasteiger partial charge in [0.25, 0.3) is 0 Å². The number of rotatable bonds is 3. The van der Waals surface area contributed by atoms with E-state index < -0.39 is 12.3 Å². The van der Waals surface area contributed by atoms with Crippen molar-refractivity contribution in [2.45, 2.75) is 25.9 Å². The number of pyridine rings is 1. The molecule has 0 amide bonds. The van der Waals surface area contributed by atoms with E-state index >= 15 is 0 Å². The number of hydrogen-bond acceptors (Lipinski definition) is 2. The lowest BCUT2D eigenvalue weighted by Crippen LogP contribution is -2.27. The summed E-state index contributed by atoms with van der Waals surface area (Å²) >= 11 is 0. The van der Waals surface area contributed by atoms with Crippen LogP contribution >= 0.6 is 0 Å². The van der Waals surface area contributed by atoms with Crippen LogP contribution in [0.2, 0.25) is 0 Å². The summed E-state index contributed by atoms with van der Waals surface area (Å²) in [5.41, 5.74) is 0.0519. The van der Waals surface area contributed by atoms with Crippen molar-refractivity contribution in [3.8, 4) is 0 Å². The van der Waals surface area contributed by atoms with Gasteiger partial charge in [-0.25, -0.2) is 4.39 Å². The fourth-order valence-electron chi connectivity index (χ4n) is 1.21. The minimum Gasteiger partial charge on any atom is -0.382 e. The number of halogens is 1. The molecule has 0 saturated carbocycles. The summed E-state index contributed by atoms with van der Waals surface area (Å²) in [5.74, 6) is 0. The molecule has 0 aromatic carbocycles. The van der Waals surface area contributed by atoms with Gasteiger partial charge in [-0.3, -0.25) is 4.98 Å². The van der Waals surface area contributed by atoms with Gasteiger partial charge < -0.3 is 5.11 Å². The average molecular weight is 183 g/mol. The third-order valence-electron chi connectivity index (χ3n) is 2.24. The van der Waals surface area contributed by atoms with Crippen molar-refractivity contribution in [1.29, 1.82) is 0 Å². The smallest absolute Gasteiger partial charge is 0.122 e. The van der Waals surface area contributed by atoms with Crippen molar-refractivity contribution in [3.05, 3.63) is 29.6 Å². The standard InChI is InChI=1S/C10H14FNO/c1-3-10(13,7-11)9-4-5-12-8(2)6-9/h4-6,13H,3,7H2,1-2H3. The Balaban J connectivity index is 3.05. The molecular formula is C10H14FNO. The lowest BCUT2D eigenvalue weighted by Gasteiger charge is -2.23. The summed E-state index contributed by atoms with van der Waals surface area (Å²) in [4.78, 5) is 3.99. The van der Waals surface area contributed by atoms with E-state index in [0.29, 0.717) is 12.0 Å². The van der Waals surface area contributed by atoms with Crippen molar-refractivity contribution < 1.29 is 9.50 Å². The molecule has 1 aromatic heterocycles. The lowest BCUT2D eigenvalue weighted by molar-refractivity contribution is 0.00720. The highest BCUT2D eigenvalue weighted by Crippen LogP contribution is 2.25. The molecular weight excluding hydrogens is 169 g/mol. The molecule has 0 spiro atoms. The Kier molecular flexibility index (Phi) is 2.98. The summed E-state index contributed by atoms with van der Waals surface area (Å²) in [5, 5.41) is 9.82. The highest BCUT2D eigenvalue weighted by Gasteiger charge is 2.27. The van der Waals surface area contributed by atoms with E-state index in [9.17, 15) is 9.50 Å². The topological polar surface area (TPSA) is 33.1 Å². The van der Waals surface area contributed by atoms with E-state index in [2.05, 4.69) is 4.98 Å². The van der Waals surface area contributed by atoms with Crippen LogP contribution in [-0.4, -0.2) is 16.8 Å². The second-order valence-corrected chi connectivity index (χ2v) is 3.20. The van der Waals surface area contributed by atoms with Crippen LogP contribution in [0.5, 0.6) is 0 Å². The van der Waals surface area contributed by atoms with Gasteiger partial charge in [-0.1, -0.05) is 6.92 Å². The van der Waals surface area contributed by atoms with Gasteiger partial charge >= 0.3 is 0 Å². The molecule has 0 bridgehead atoms. The Labute approximate surface area is 77.4 Å². The van der Waals surface area contributed by atoms with Gasteiger partial charge in [0, 0.05) is 11.9 Å². The minimum absolute atomic E-state index is 0.368. The zero-order valence-corrected chi connectivity index (χ0v) is 7.92. The van der Waals surface area contributed by atoms with Gasteiger partial charge in [0.2, 0.25) is 0 Å². The third kappa shape index (κ3) is 2.04. The Hall–Kier alpha value is -0.960. The number of alkyl halides is 1. The molecule has 0 radical (unpaired) electrons. The quantitative estimate of drug-likeness (QED) is 0.777. The van der Waals surface area contributed by atoms with Gasteiger partial charge in [0.15, 0.2) is 0 Å². The minimum atomic E-state index is -1.34. The second-order valence-electron chi connectivity index (χ2n) is 3.20. The van der Waals surface area contributed by atoms with Crippen LogP contribution in [0.1, 0.15) is 24.6 Å². The molecule has 0 aliphatic carbocycles. The summed E-state index contributed by atoms with van der Waals surface area (Å²) in [6, 6.07) is 3.36. The molecule has 72 valence electrons. The normalized spacial score (nSPS) is 15.4. The molecule has 0 aliphatic heterocycles. The number of nitrogens with zero attached hydrogens (tertiary/aromatic N) is 1. The van der Waals surface area contributed by atoms with E-state index in [0.717, 1.165) is 5.69 Å². The molecule has 1 atom stereocenters. The molecule has 3 heteroatoms. The molecule has 1 heterocycles. The first-order valence-electron chi connectivity index (χ1n) is 4.34. The van der Waals surface area contributed by atoms with Crippen molar-refractivity contribution in [2.24, 2.45) is 0 Å². The van der Waals surface area contributed by atoms with Crippen molar-refractivity contribution in [1.82, 2.24) is 4.98 Å². The SMILES string of the molecule is CCC(O)(CF)c1ccnc(C)c1. The molecule has 0 saturated heterocycles. The predicted octanol–water partition coefficient (Wildman–Crippen LogP) is 1.96. The maximum Gasteiger partial charge on any atom is 0.122 e. The molecule has 0 fully saturated rings. The van der Waals surface area contributed by atoms with Gasteiger partial charge in [0.05, 0.1) is 0 Å². The molecule has 2 nitrogen and oxygen atoms in total. The fourth-order valence-corrected chi connectivity index (χ4v) is 1.21. The number of hydrogen-bond donors (Lipinski definition) is 1. The summed E-state index contributed by atoms with van der Waals surface area (Å²) < 4.78 is 12.6. The van der Waals surface area contributed by atoms with E-state index in [4.69, 9.17) is 0 Å². The van der Waals surface area contributed by atoms with Crippen LogP contribution in [0.25, 0.3) is 0 Å². The Bertz CT molecular complexity index is 284. The summed E-state index contributed by atoms with van der Waals surface area (Å²) in [6.07, 6.45) is 1.95. The maximum atomic E-state index is 12.6. The molecule has 1 aromatic rings. The first-order valence-corrected chi connectivity index (χ1v) is 4.34. The average Bonchev–Trinajstić information content (AvgIpc) is 2.17. The third-order valence-corrected chi connectivity index (χ3v) is 2.24. The zero-order valence-electron chi connectivity index (χ0n) is 7.92. The lowest BCUT2D eigenvalue weighted by atomic mass is 9.93. The molecule has 1 unspecified atom stereocenters. The van der Waals surface area contributed by atoms with Gasteiger partial charge in [-0.05, 0) is 31.0 Å². The largest absolute Gasteiger partial charge is 0.382 e. The summed E-state index contributed by atoms with van der Waals surface area (Å²) in [7, 11) is 0. The monoisotopic (exact) mass is 183 g/mol. The van der Waals surface area contributed by atoms with Crippen LogP contribution in [0.3, 0.4) is 0 Å². The second kappa shape index (κ2) is 3.83. The molecule has 13 heavy (non-hydrogen) atoms. The first-order chi connectivity index (χ1) is 6.12. The predicted molar refractivity (Wildman–Crippen MR) is 49.1 cm³/mol. The van der Waals surface area contributed by atoms with Crippen molar-refractivity contribution >= 4 is 0 Å². The first kappa shape index (κ1) is 10.1. The van der Waals surface area contributed by atoms with Crippen molar-refractivity contribution in [3.63, 3.8) is 0 Å². The Morgan fingerprint density at radius 1 is 1.62 bits per heavy atom. The maximum absolute atomic E-state index is 12.6. The highest BCUT2D eigenvalue weighted by atomic mass is 19.1. The van der Waals surface area contributed by atoms with Crippen LogP contribution in [0.4, 0.5) is 4.39 Å². The highest BCUT2D eigenvalue weighted by molar-refractivity contribution is 5.22. The van der Waals surface area contributed by atoms with E-state index in [1.807, 2.05) is 6.92 Å². The van der Waals surface area contributed by atoms with Gasteiger partial charge in [-0.15, -0.1) is 0 Å². The molecule has 1 N–H and O–H groups in total. The van der Waals surface area contributed by atoms with Crippen LogP contribution in [-0.2, 0) is 5.60 Å². The molecule has 1 rings (SSSR count). The van der Waals surface area contributed by atoms with Crippen LogP contribution in [0.15, 0.2) is 18.3 Å². The van der Waals surface area contributed by atoms with Gasteiger partial charge in [0.1, 0.15) is 12.3 Å². The Morgan fingerprint density at radius 3 is 2.77 bits per heavy atom. The van der Waals surface area contributed by atoms with Crippen molar-refractivity contribution in [2.75, 3.05) is 6.67 Å². The van der Waals surface area contributed by atoms with E-state index in [1.54, 1.807) is 25.3 Å². The number of aromatic nitrogens is 1.